The van der Waals surface area contributed by atoms with Gasteiger partial charge in [0.1, 0.15) is 12.6 Å². The summed E-state index contributed by atoms with van der Waals surface area (Å²) in [4.78, 5) is 36.3. The third kappa shape index (κ3) is 5.40. The van der Waals surface area contributed by atoms with Crippen molar-refractivity contribution < 1.29 is 42.1 Å². The minimum Gasteiger partial charge on any atom is -0.480 e. The first-order chi connectivity index (χ1) is 16.5. The van der Waals surface area contributed by atoms with Gasteiger partial charge in [0.15, 0.2) is 0 Å². The van der Waals surface area contributed by atoms with Crippen LogP contribution in [0.4, 0.5) is 18.0 Å². The normalized spacial score (nSPS) is 15.3. The molecule has 8 nitrogen and oxygen atoms in total. The Labute approximate surface area is 199 Å². The molecule has 2 atom stereocenters. The van der Waals surface area contributed by atoms with Gasteiger partial charge in [0, 0.05) is 26.1 Å². The minimum absolute atomic E-state index is 0.111. The third-order valence-corrected chi connectivity index (χ3v) is 5.93. The van der Waals surface area contributed by atoms with Crippen LogP contribution in [0.5, 0.6) is 0 Å². The van der Waals surface area contributed by atoms with E-state index in [2.05, 4.69) is 0 Å². The molecule has 0 heterocycles. The van der Waals surface area contributed by atoms with Gasteiger partial charge in [-0.25, -0.2) is 9.59 Å². The molecule has 3 rings (SSSR count). The Morgan fingerprint density at radius 2 is 1.57 bits per heavy atom. The second-order valence-electron chi connectivity index (χ2n) is 8.22. The molecule has 2 aromatic rings. The van der Waals surface area contributed by atoms with Crippen molar-refractivity contribution in [2.75, 3.05) is 20.3 Å². The lowest BCUT2D eigenvalue weighted by molar-refractivity contribution is -0.195. The predicted molar refractivity (Wildman–Crippen MR) is 119 cm³/mol. The van der Waals surface area contributed by atoms with Crippen LogP contribution < -0.4 is 10.6 Å². The molecule has 0 aromatic heterocycles. The Kier molecular flexibility index (Phi) is 7.69. The van der Waals surface area contributed by atoms with E-state index in [0.717, 1.165) is 22.3 Å². The number of fused-ring (bicyclic) bond motifs is 3. The van der Waals surface area contributed by atoms with Crippen molar-refractivity contribution in [3.63, 3.8) is 0 Å². The number of alkyl carbamates (subject to hydrolysis) is 1. The Morgan fingerprint density at radius 3 is 2.06 bits per heavy atom. The maximum Gasteiger partial charge on any atom is 0.420 e. The molecular weight excluding hydrogens is 469 g/mol. The average molecular weight is 494 g/mol. The first kappa shape index (κ1) is 26.0. The van der Waals surface area contributed by atoms with Gasteiger partial charge < -0.3 is 19.9 Å². The quantitative estimate of drug-likeness (QED) is 0.492. The molecule has 0 bridgehead atoms. The summed E-state index contributed by atoms with van der Waals surface area (Å²) in [5.41, 5.74) is 0.163. The van der Waals surface area contributed by atoms with Crippen LogP contribution in [0.1, 0.15) is 30.4 Å². The number of hydrogen-bond acceptors (Lipinski definition) is 5. The fourth-order valence-corrected chi connectivity index (χ4v) is 3.89. The number of rotatable bonds is 9. The molecule has 35 heavy (non-hydrogen) atoms. The van der Waals surface area contributed by atoms with Crippen molar-refractivity contribution in [1.82, 2.24) is 10.6 Å². The number of ether oxygens (including phenoxy) is 2. The number of alkyl halides is 3. The van der Waals surface area contributed by atoms with Gasteiger partial charge in [-0.05, 0) is 29.2 Å². The summed E-state index contributed by atoms with van der Waals surface area (Å²) in [5.74, 6) is -3.67. The Morgan fingerprint density at radius 1 is 1.03 bits per heavy atom. The zero-order valence-electron chi connectivity index (χ0n) is 19.0. The van der Waals surface area contributed by atoms with E-state index in [4.69, 9.17) is 9.47 Å². The molecule has 0 aliphatic heterocycles. The van der Waals surface area contributed by atoms with Gasteiger partial charge in [0.2, 0.25) is 5.54 Å². The van der Waals surface area contributed by atoms with E-state index < -0.39 is 41.6 Å². The van der Waals surface area contributed by atoms with Gasteiger partial charge in [-0.3, -0.25) is 10.1 Å². The van der Waals surface area contributed by atoms with E-state index in [0.29, 0.717) is 6.92 Å². The van der Waals surface area contributed by atoms with E-state index in [1.807, 2.05) is 53.8 Å². The topological polar surface area (TPSA) is 114 Å². The van der Waals surface area contributed by atoms with Crippen LogP contribution in [-0.4, -0.2) is 61.2 Å². The van der Waals surface area contributed by atoms with E-state index in [9.17, 15) is 32.7 Å². The molecule has 1 aliphatic carbocycles. The highest BCUT2D eigenvalue weighted by Crippen LogP contribution is 2.44. The molecule has 0 saturated heterocycles. The van der Waals surface area contributed by atoms with E-state index in [-0.39, 0.29) is 19.6 Å². The second kappa shape index (κ2) is 10.3. The molecule has 1 aliphatic rings. The number of carbonyl (C=O) groups excluding carboxylic acids is 2. The molecule has 2 unspecified atom stereocenters. The van der Waals surface area contributed by atoms with Crippen molar-refractivity contribution >= 4 is 18.0 Å². The predicted octanol–water partition coefficient (Wildman–Crippen LogP) is 3.45. The number of benzene rings is 2. The SMILES string of the molecule is COCCC(NC(=O)C(C)(NC(=O)OCC1c2ccccc2-c2ccccc21)C(F)(F)F)C(=O)O. The number of aliphatic carboxylic acids is 1. The number of carboxylic acids is 1. The molecule has 0 spiro atoms. The van der Waals surface area contributed by atoms with Crippen molar-refractivity contribution in [2.24, 2.45) is 0 Å². The summed E-state index contributed by atoms with van der Waals surface area (Å²) in [7, 11) is 1.28. The van der Waals surface area contributed by atoms with Crippen LogP contribution in [0.2, 0.25) is 0 Å². The zero-order chi connectivity index (χ0) is 25.8. The van der Waals surface area contributed by atoms with Crippen LogP contribution in [0.25, 0.3) is 11.1 Å². The van der Waals surface area contributed by atoms with Crippen LogP contribution in [0.15, 0.2) is 48.5 Å². The van der Waals surface area contributed by atoms with Crippen LogP contribution in [0.3, 0.4) is 0 Å². The lowest BCUT2D eigenvalue weighted by Crippen LogP contribution is -2.67. The first-order valence-electron chi connectivity index (χ1n) is 10.7. The van der Waals surface area contributed by atoms with E-state index in [1.54, 1.807) is 5.32 Å². The number of amides is 2. The minimum atomic E-state index is -5.24. The molecule has 0 fully saturated rings. The summed E-state index contributed by atoms with van der Waals surface area (Å²) in [6.45, 7) is 0.0692. The van der Waals surface area contributed by atoms with Crippen LogP contribution in [-0.2, 0) is 19.1 Å². The van der Waals surface area contributed by atoms with E-state index in [1.165, 1.54) is 7.11 Å². The number of hydrogen-bond donors (Lipinski definition) is 3. The summed E-state index contributed by atoms with van der Waals surface area (Å²) in [6, 6.07) is 13.2. The van der Waals surface area contributed by atoms with E-state index >= 15 is 0 Å². The highest BCUT2D eigenvalue weighted by molar-refractivity contribution is 5.93. The van der Waals surface area contributed by atoms with Gasteiger partial charge in [-0.15, -0.1) is 0 Å². The number of halogens is 3. The molecule has 2 amide bonds. The highest BCUT2D eigenvalue weighted by atomic mass is 19.4. The summed E-state index contributed by atoms with van der Waals surface area (Å²) < 4.78 is 51.4. The molecule has 2 aromatic carbocycles. The number of nitrogens with one attached hydrogen (secondary N) is 2. The number of carboxylic acid groups (broad SMARTS) is 1. The molecular formula is C24H25F3N2O6. The van der Waals surface area contributed by atoms with Crippen LogP contribution in [0, 0.1) is 0 Å². The van der Waals surface area contributed by atoms with Gasteiger partial charge in [-0.2, -0.15) is 13.2 Å². The third-order valence-electron chi connectivity index (χ3n) is 5.93. The fraction of sp³-hybridized carbons (Fsp3) is 0.375. The van der Waals surface area contributed by atoms with Crippen molar-refractivity contribution in [1.29, 1.82) is 0 Å². The van der Waals surface area contributed by atoms with Gasteiger partial charge in [0.25, 0.3) is 5.91 Å². The highest BCUT2D eigenvalue weighted by Gasteiger charge is 2.59. The summed E-state index contributed by atoms with van der Waals surface area (Å²) in [6.07, 6.45) is -6.98. The largest absolute Gasteiger partial charge is 0.480 e. The average Bonchev–Trinajstić information content (AvgIpc) is 3.13. The summed E-state index contributed by atoms with van der Waals surface area (Å²) in [5, 5.41) is 12.6. The first-order valence-corrected chi connectivity index (χ1v) is 10.7. The monoisotopic (exact) mass is 494 g/mol. The van der Waals surface area contributed by atoms with Gasteiger partial charge >= 0.3 is 18.2 Å². The fourth-order valence-electron chi connectivity index (χ4n) is 3.89. The van der Waals surface area contributed by atoms with Crippen LogP contribution >= 0.6 is 0 Å². The van der Waals surface area contributed by atoms with Gasteiger partial charge in [0.05, 0.1) is 0 Å². The summed E-state index contributed by atoms with van der Waals surface area (Å²) >= 11 is 0. The molecule has 0 saturated carbocycles. The lowest BCUT2D eigenvalue weighted by Gasteiger charge is -2.32. The Balaban J connectivity index is 1.74. The Bertz CT molecular complexity index is 1060. The maximum absolute atomic E-state index is 13.9. The molecule has 0 radical (unpaired) electrons. The standard InChI is InChI=1S/C24H25F3N2O6/c1-23(24(25,26)27,21(32)28-19(20(30)31)11-12-34-2)29-22(33)35-13-18-16-9-5-3-7-14(16)15-8-4-6-10-17(15)18/h3-10,18-19H,11-13H2,1-2H3,(H,28,32)(H,29,33)(H,30,31). The second-order valence-corrected chi connectivity index (χ2v) is 8.22. The zero-order valence-corrected chi connectivity index (χ0v) is 19.0. The van der Waals surface area contributed by atoms with Crippen molar-refractivity contribution in [3.05, 3.63) is 59.7 Å². The van der Waals surface area contributed by atoms with Crippen molar-refractivity contribution in [3.8, 4) is 11.1 Å². The Hall–Kier alpha value is -3.60. The van der Waals surface area contributed by atoms with Crippen molar-refractivity contribution in [2.45, 2.75) is 37.0 Å². The lowest BCUT2D eigenvalue weighted by atomic mass is 9.98. The smallest absolute Gasteiger partial charge is 0.420 e. The molecule has 3 N–H and O–H groups in total. The number of methoxy groups -OCH3 is 1. The number of carbonyl (C=O) groups is 3. The molecule has 188 valence electrons. The maximum atomic E-state index is 13.9. The van der Waals surface area contributed by atoms with Gasteiger partial charge in [-0.1, -0.05) is 48.5 Å². The molecule has 11 heteroatoms.